The van der Waals surface area contributed by atoms with Gasteiger partial charge in [0.25, 0.3) is 0 Å². The number of alkyl carbamates (subject to hydrolysis) is 1. The zero-order chi connectivity index (χ0) is 55.5. The van der Waals surface area contributed by atoms with Crippen molar-refractivity contribution in [2.24, 2.45) is 40.9 Å². The minimum absolute atomic E-state index is 0.00965. The Morgan fingerprint density at radius 2 is 1.58 bits per heavy atom. The number of aldehydes is 1. The summed E-state index contributed by atoms with van der Waals surface area (Å²) < 4.78 is 55.6. The number of methoxy groups -OCH3 is 1. The Balaban J connectivity index is 1.19. The van der Waals surface area contributed by atoms with E-state index in [2.05, 4.69) is 25.2 Å². The standard InChI is InChI=1S/C55H76N2O19/c1-25-12-16-39(73-43-23-53(9,57(66)67)48(31(7)71-43)56-52(65)68-11)26(2)19-36-38(61)20-33(24-58)22-55(36)50(63)44(51(64)76-55)49(62)54(10)35(25)14-13-34-45(54)27(3)18-28(4)46(34)75-42-21-40(47(30(6)70-42)72-32(8)59)74-41-17-15-37(60)29(5)69-41/h12-14,19-20,24,27-31,34-43,45-48,60-62H,15-18,21-23H2,1-11H3,(H,56,65)/t27-,28+,29+,30+,31+,34-,35-,36-,37-,38-,39+,40-,41+,42-,43-,45-,46-,47+,48+,53-,54-,55-/m0/s1. The van der Waals surface area contributed by atoms with Gasteiger partial charge in [-0.05, 0) is 88.9 Å². The van der Waals surface area contributed by atoms with E-state index in [9.17, 15) is 44.6 Å². The van der Waals surface area contributed by atoms with Crippen LogP contribution in [0.5, 0.6) is 0 Å². The molecule has 0 unspecified atom stereocenters. The van der Waals surface area contributed by atoms with Gasteiger partial charge in [-0.15, -0.1) is 0 Å². The number of hydrogen-bond acceptors (Lipinski definition) is 19. The zero-order valence-corrected chi connectivity index (χ0v) is 45.2. The van der Waals surface area contributed by atoms with Gasteiger partial charge in [0, 0.05) is 55.3 Å². The topological polar surface area (TPSA) is 284 Å². The van der Waals surface area contributed by atoms with Crippen LogP contribution in [0.2, 0.25) is 0 Å². The molecular weight excluding hydrogens is 993 g/mol. The number of nitro groups is 1. The van der Waals surface area contributed by atoms with Gasteiger partial charge in [-0.1, -0.05) is 50.6 Å². The lowest BCUT2D eigenvalue weighted by molar-refractivity contribution is -0.584. The molecule has 22 atom stereocenters. The molecule has 2 bridgehead atoms. The van der Waals surface area contributed by atoms with E-state index < -0.39 is 167 Å². The van der Waals surface area contributed by atoms with Crippen LogP contribution in [-0.2, 0) is 61.8 Å². The van der Waals surface area contributed by atoms with Crippen LogP contribution in [0.1, 0.15) is 114 Å². The molecule has 76 heavy (non-hydrogen) atoms. The summed E-state index contributed by atoms with van der Waals surface area (Å²) in [5, 5.41) is 50.6. The van der Waals surface area contributed by atoms with Crippen molar-refractivity contribution in [1.29, 1.82) is 0 Å². The lowest BCUT2D eigenvalue weighted by Crippen LogP contribution is -2.65. The third-order valence-corrected chi connectivity index (χ3v) is 17.9. The Morgan fingerprint density at radius 1 is 0.882 bits per heavy atom. The summed E-state index contributed by atoms with van der Waals surface area (Å²) >= 11 is 0. The summed E-state index contributed by atoms with van der Waals surface area (Å²) in [6, 6.07) is -1.11. The molecule has 0 aromatic rings. The molecule has 0 aromatic carbocycles. The Kier molecular flexibility index (Phi) is 16.7. The Morgan fingerprint density at radius 3 is 2.24 bits per heavy atom. The van der Waals surface area contributed by atoms with Crippen molar-refractivity contribution >= 4 is 30.1 Å². The van der Waals surface area contributed by atoms with E-state index in [0.29, 0.717) is 31.1 Å². The Hall–Kier alpha value is -4.87. The number of nitrogens with one attached hydrogen (secondary N) is 1. The van der Waals surface area contributed by atoms with E-state index in [1.165, 1.54) is 19.9 Å². The molecule has 21 heteroatoms. The summed E-state index contributed by atoms with van der Waals surface area (Å²) in [7, 11) is 1.15. The predicted octanol–water partition coefficient (Wildman–Crippen LogP) is 5.57. The quantitative estimate of drug-likeness (QED) is 0.0396. The smallest absolute Gasteiger partial charge is 0.407 e. The minimum atomic E-state index is -2.17. The third kappa shape index (κ3) is 10.5. The van der Waals surface area contributed by atoms with Crippen molar-refractivity contribution in [2.75, 3.05) is 7.11 Å². The highest BCUT2D eigenvalue weighted by Gasteiger charge is 2.65. The van der Waals surface area contributed by atoms with Crippen LogP contribution in [-0.4, -0.2) is 148 Å². The largest absolute Gasteiger partial charge is 0.511 e. The van der Waals surface area contributed by atoms with Crippen LogP contribution in [0.4, 0.5) is 4.79 Å². The molecule has 4 aliphatic carbocycles. The summed E-state index contributed by atoms with van der Waals surface area (Å²) in [5.74, 6) is -6.19. The van der Waals surface area contributed by atoms with E-state index in [-0.39, 0.29) is 36.7 Å². The second-order valence-electron chi connectivity index (χ2n) is 23.0. The number of Topliss-reactive ketones (excluding diaryl/α,β-unsaturated/α-hetero) is 1. The van der Waals surface area contributed by atoms with Crippen molar-refractivity contribution < 1.29 is 86.8 Å². The van der Waals surface area contributed by atoms with E-state index in [1.807, 2.05) is 26.0 Å². The highest BCUT2D eigenvalue weighted by molar-refractivity contribution is 6.26. The number of carbonyl (C=O) groups excluding carboxylic acids is 5. The molecular formula is C55H76N2O19. The second-order valence-corrected chi connectivity index (χ2v) is 23.0. The highest BCUT2D eigenvalue weighted by Crippen LogP contribution is 2.61. The van der Waals surface area contributed by atoms with Crippen molar-refractivity contribution in [2.45, 2.75) is 205 Å². The molecule has 0 radical (unpaired) electrons. The number of nitrogens with zero attached hydrogens (tertiary/aromatic N) is 1. The van der Waals surface area contributed by atoms with E-state index in [1.54, 1.807) is 33.8 Å². The van der Waals surface area contributed by atoms with Crippen LogP contribution in [0.25, 0.3) is 0 Å². The molecule has 1 spiro atoms. The summed E-state index contributed by atoms with van der Waals surface area (Å²) in [4.78, 5) is 79.5. The van der Waals surface area contributed by atoms with Crippen molar-refractivity contribution in [3.05, 3.63) is 68.5 Å². The van der Waals surface area contributed by atoms with Crippen molar-refractivity contribution in [3.63, 3.8) is 0 Å². The fourth-order valence-corrected chi connectivity index (χ4v) is 14.0. The molecule has 4 N–H and O–H groups in total. The third-order valence-electron chi connectivity index (χ3n) is 17.9. The molecule has 0 aromatic heterocycles. The van der Waals surface area contributed by atoms with Gasteiger partial charge in [0.2, 0.25) is 11.3 Å². The van der Waals surface area contributed by atoms with E-state index >= 15 is 4.79 Å². The minimum Gasteiger partial charge on any atom is -0.511 e. The second kappa shape index (κ2) is 22.1. The van der Waals surface area contributed by atoms with Gasteiger partial charge in [-0.3, -0.25) is 24.5 Å². The molecule has 8 aliphatic rings. The predicted molar refractivity (Wildman–Crippen MR) is 267 cm³/mol. The maximum absolute atomic E-state index is 15.4. The molecule has 420 valence electrons. The monoisotopic (exact) mass is 1070 g/mol. The van der Waals surface area contributed by atoms with Gasteiger partial charge in [0.15, 0.2) is 30.6 Å². The van der Waals surface area contributed by atoms with Gasteiger partial charge in [-0.25, -0.2) is 9.59 Å². The first-order chi connectivity index (χ1) is 35.8. The zero-order valence-electron chi connectivity index (χ0n) is 45.2. The number of ketones is 1. The lowest BCUT2D eigenvalue weighted by atomic mass is 9.49. The first kappa shape index (κ1) is 57.3. The lowest BCUT2D eigenvalue weighted by Gasteiger charge is -2.56. The molecule has 21 nitrogen and oxygen atoms in total. The number of amides is 1. The number of aliphatic hydroxyl groups is 3. The number of rotatable bonds is 10. The van der Waals surface area contributed by atoms with E-state index in [0.717, 1.165) is 12.7 Å². The Bertz CT molecular complexity index is 2450. The number of hydrogen-bond donors (Lipinski definition) is 4. The van der Waals surface area contributed by atoms with Crippen LogP contribution < -0.4 is 5.32 Å². The number of aliphatic hydroxyl groups excluding tert-OH is 3. The maximum Gasteiger partial charge on any atom is 0.407 e. The first-order valence-electron chi connectivity index (χ1n) is 26.6. The normalized spacial score (nSPS) is 44.6. The highest BCUT2D eigenvalue weighted by atomic mass is 16.7. The van der Waals surface area contributed by atoms with Gasteiger partial charge in [-0.2, -0.15) is 0 Å². The fraction of sp³-hybridized carbons (Fsp3) is 0.727. The molecule has 5 fully saturated rings. The van der Waals surface area contributed by atoms with E-state index in [4.69, 9.17) is 42.6 Å². The maximum atomic E-state index is 15.4. The average Bonchev–Trinajstić information content (AvgIpc) is 3.75. The van der Waals surface area contributed by atoms with Crippen LogP contribution in [0, 0.1) is 51.0 Å². The fourth-order valence-electron chi connectivity index (χ4n) is 14.0. The number of carbonyl (C=O) groups is 5. The molecule has 4 aliphatic heterocycles. The van der Waals surface area contributed by atoms with Gasteiger partial charge >= 0.3 is 18.0 Å². The van der Waals surface area contributed by atoms with Crippen LogP contribution in [0.15, 0.2) is 58.4 Å². The summed E-state index contributed by atoms with van der Waals surface area (Å²) in [5.41, 5.74) is -4.78. The van der Waals surface area contributed by atoms with Crippen molar-refractivity contribution in [3.8, 4) is 0 Å². The van der Waals surface area contributed by atoms with Gasteiger partial charge < -0.3 is 63.3 Å². The van der Waals surface area contributed by atoms with Gasteiger partial charge in [0.05, 0.1) is 62.2 Å². The Labute approximate surface area is 442 Å². The molecule has 1 amide bonds. The number of allylic oxidation sites excluding steroid dienone is 3. The van der Waals surface area contributed by atoms with Crippen LogP contribution in [0.3, 0.4) is 0 Å². The molecule has 8 rings (SSSR count). The SMILES string of the molecule is COC(=O)N[C@@H]1[C@@H](C)O[C@@H](O[C@@H]2CC=C(C)[C@@H]3C=C[C@@H]4[C@@H](O[C@H]5C[C@H](O[C@@H]6CC[C@H](O)[C@@H](C)O6)[C@H](OC(C)=O)[C@@H](C)O5)[C@H](C)C[C@H](C)[C@@H]4[C@@]3(C)C(O)=C3C(=O)O[C@]4(CC(C=O)=C[C@H](O)[C@@H]4C=C2C)C3=O)C[C@]1(C)[N+](=O)[O-]. The van der Waals surface area contributed by atoms with Crippen LogP contribution >= 0.6 is 0 Å². The average molecular weight is 1070 g/mol. The number of esters is 2. The molecule has 4 heterocycles. The van der Waals surface area contributed by atoms with Crippen molar-refractivity contribution in [1.82, 2.24) is 5.32 Å². The molecule has 1 saturated carbocycles. The molecule has 4 saturated heterocycles. The number of ether oxygens (including phenoxy) is 9. The summed E-state index contributed by atoms with van der Waals surface area (Å²) in [6.07, 6.45) is -0.569. The van der Waals surface area contributed by atoms with Gasteiger partial charge in [0.1, 0.15) is 29.8 Å². The first-order valence-corrected chi connectivity index (χ1v) is 26.6. The summed E-state index contributed by atoms with van der Waals surface area (Å²) in [6.45, 7) is 17.4. The number of fused-ring (bicyclic) bond motifs is 4.